The number of ether oxygens (including phenoxy) is 1. The highest BCUT2D eigenvalue weighted by Crippen LogP contribution is 2.33. The maximum absolute atomic E-state index is 12.6. The van der Waals surface area contributed by atoms with Crippen LogP contribution in [0.1, 0.15) is 0 Å². The predicted molar refractivity (Wildman–Crippen MR) is 106 cm³/mol. The number of carbonyl (C=O) groups is 2. The average Bonchev–Trinajstić information content (AvgIpc) is 3.22. The summed E-state index contributed by atoms with van der Waals surface area (Å²) in [6.07, 6.45) is -0.712. The number of carbonyl (C=O) groups excluding carboxylic acids is 2. The average molecular weight is 393 g/mol. The number of benzene rings is 2. The molecule has 0 spiro atoms. The Balaban J connectivity index is 1.46. The lowest BCUT2D eigenvalue weighted by Crippen LogP contribution is -2.50. The van der Waals surface area contributed by atoms with Gasteiger partial charge in [-0.2, -0.15) is 0 Å². The summed E-state index contributed by atoms with van der Waals surface area (Å²) >= 11 is 0. The van der Waals surface area contributed by atoms with Gasteiger partial charge in [-0.1, -0.05) is 35.4 Å². The van der Waals surface area contributed by atoms with Crippen molar-refractivity contribution in [2.75, 3.05) is 30.4 Å². The minimum absolute atomic E-state index is 0.00306. The quantitative estimate of drug-likeness (QED) is 0.679. The second-order valence-electron chi connectivity index (χ2n) is 6.40. The Morgan fingerprint density at radius 3 is 2.66 bits per heavy atom. The van der Waals surface area contributed by atoms with E-state index in [1.54, 1.807) is 18.0 Å². The lowest BCUT2D eigenvalue weighted by Gasteiger charge is -2.34. The molecule has 2 heterocycles. The number of hydrogen-bond donors (Lipinski definition) is 2. The summed E-state index contributed by atoms with van der Waals surface area (Å²) in [7, 11) is 1.54. The molecule has 0 fully saturated rings. The maximum atomic E-state index is 12.6. The second-order valence-corrected chi connectivity index (χ2v) is 6.40. The summed E-state index contributed by atoms with van der Waals surface area (Å²) < 4.78 is 11.3. The van der Waals surface area contributed by atoms with E-state index in [4.69, 9.17) is 9.15 Å². The molecule has 9 nitrogen and oxygen atoms in total. The molecule has 0 radical (unpaired) electrons. The lowest BCUT2D eigenvalue weighted by atomic mass is 10.1. The summed E-state index contributed by atoms with van der Waals surface area (Å²) in [4.78, 5) is 26.4. The zero-order chi connectivity index (χ0) is 20.2. The van der Waals surface area contributed by atoms with Crippen LogP contribution in [0.3, 0.4) is 0 Å². The first-order valence-corrected chi connectivity index (χ1v) is 9.05. The standard InChI is InChI=1S/C20H19N5O4/c1-21-18(27)16-11-25(14-9-5-6-10-15(14)28-16)12-17(26)22-20-24-23-19(29-20)13-7-3-2-4-8-13/h2-10,16H,11-12H2,1H3,(H,21,27)(H,22,24,26)/t16-/m1/s1. The summed E-state index contributed by atoms with van der Waals surface area (Å²) in [5.74, 6) is 0.261. The molecular formula is C20H19N5O4. The number of nitrogens with one attached hydrogen (secondary N) is 2. The first kappa shape index (κ1) is 18.5. The molecule has 2 amide bonds. The molecule has 0 bridgehead atoms. The van der Waals surface area contributed by atoms with Crippen LogP contribution in [-0.2, 0) is 9.59 Å². The van der Waals surface area contributed by atoms with Crippen molar-refractivity contribution < 1.29 is 18.7 Å². The number of para-hydroxylation sites is 2. The van der Waals surface area contributed by atoms with Gasteiger partial charge in [0.05, 0.1) is 18.8 Å². The molecule has 29 heavy (non-hydrogen) atoms. The van der Waals surface area contributed by atoms with Crippen LogP contribution in [0.4, 0.5) is 11.7 Å². The molecule has 3 aromatic rings. The van der Waals surface area contributed by atoms with Gasteiger partial charge in [0.1, 0.15) is 5.75 Å². The lowest BCUT2D eigenvalue weighted by molar-refractivity contribution is -0.127. The Kier molecular flexibility index (Phi) is 5.10. The van der Waals surface area contributed by atoms with E-state index in [0.29, 0.717) is 11.6 Å². The molecule has 0 saturated heterocycles. The van der Waals surface area contributed by atoms with Crippen LogP contribution in [0, 0.1) is 0 Å². The first-order valence-electron chi connectivity index (χ1n) is 9.05. The van der Waals surface area contributed by atoms with Gasteiger partial charge in [0.25, 0.3) is 5.91 Å². The highest BCUT2D eigenvalue weighted by molar-refractivity contribution is 5.93. The molecule has 2 N–H and O–H groups in total. The van der Waals surface area contributed by atoms with Crippen molar-refractivity contribution in [3.8, 4) is 17.2 Å². The van der Waals surface area contributed by atoms with E-state index < -0.39 is 6.10 Å². The molecule has 1 atom stereocenters. The van der Waals surface area contributed by atoms with Gasteiger partial charge in [-0.3, -0.25) is 14.9 Å². The molecule has 0 saturated carbocycles. The summed E-state index contributed by atoms with van der Waals surface area (Å²) in [6, 6.07) is 16.5. The number of likely N-dealkylation sites (N-methyl/N-ethyl adjacent to an activating group) is 1. The molecule has 0 unspecified atom stereocenters. The van der Waals surface area contributed by atoms with Crippen LogP contribution in [0.5, 0.6) is 5.75 Å². The highest BCUT2D eigenvalue weighted by atomic mass is 16.5. The molecule has 0 aliphatic carbocycles. The minimum atomic E-state index is -0.712. The monoisotopic (exact) mass is 393 g/mol. The number of anilines is 2. The third-order valence-corrected chi connectivity index (χ3v) is 4.43. The Hall–Kier alpha value is -3.88. The van der Waals surface area contributed by atoms with Crippen molar-refractivity contribution in [1.29, 1.82) is 0 Å². The van der Waals surface area contributed by atoms with Crippen molar-refractivity contribution in [3.05, 3.63) is 54.6 Å². The SMILES string of the molecule is CNC(=O)[C@H]1CN(CC(=O)Nc2nnc(-c3ccccc3)o2)c2ccccc2O1. The van der Waals surface area contributed by atoms with Gasteiger partial charge in [-0.25, -0.2) is 0 Å². The number of amides is 2. The van der Waals surface area contributed by atoms with Crippen LogP contribution >= 0.6 is 0 Å². The third-order valence-electron chi connectivity index (χ3n) is 4.43. The largest absolute Gasteiger partial charge is 0.477 e. The van der Waals surface area contributed by atoms with Crippen LogP contribution in [0.25, 0.3) is 11.5 Å². The Morgan fingerprint density at radius 1 is 1.10 bits per heavy atom. The highest BCUT2D eigenvalue weighted by Gasteiger charge is 2.31. The number of nitrogens with zero attached hydrogens (tertiary/aromatic N) is 3. The molecular weight excluding hydrogens is 374 g/mol. The van der Waals surface area contributed by atoms with Crippen LogP contribution in [-0.4, -0.2) is 48.3 Å². The Bertz CT molecular complexity index is 1020. The summed E-state index contributed by atoms with van der Waals surface area (Å²) in [5, 5.41) is 13.0. The van der Waals surface area contributed by atoms with E-state index >= 15 is 0 Å². The van der Waals surface area contributed by atoms with E-state index in [-0.39, 0.29) is 30.9 Å². The number of fused-ring (bicyclic) bond motifs is 1. The second kappa shape index (κ2) is 8.01. The Labute approximate surface area is 166 Å². The van der Waals surface area contributed by atoms with E-state index in [1.165, 1.54) is 0 Å². The number of hydrogen-bond acceptors (Lipinski definition) is 7. The maximum Gasteiger partial charge on any atom is 0.322 e. The fourth-order valence-corrected chi connectivity index (χ4v) is 3.06. The fourth-order valence-electron chi connectivity index (χ4n) is 3.06. The predicted octanol–water partition coefficient (Wildman–Crippen LogP) is 1.69. The normalized spacial score (nSPS) is 15.2. The smallest absolute Gasteiger partial charge is 0.322 e. The molecule has 1 aliphatic heterocycles. The zero-order valence-electron chi connectivity index (χ0n) is 15.7. The molecule has 2 aromatic carbocycles. The fraction of sp³-hybridized carbons (Fsp3) is 0.200. The van der Waals surface area contributed by atoms with Crippen LogP contribution in [0.2, 0.25) is 0 Å². The summed E-state index contributed by atoms with van der Waals surface area (Å²) in [5.41, 5.74) is 1.49. The van der Waals surface area contributed by atoms with Crippen LogP contribution < -0.4 is 20.3 Å². The van der Waals surface area contributed by atoms with E-state index in [2.05, 4.69) is 20.8 Å². The minimum Gasteiger partial charge on any atom is -0.477 e. The van der Waals surface area contributed by atoms with E-state index in [0.717, 1.165) is 11.3 Å². The van der Waals surface area contributed by atoms with Gasteiger partial charge < -0.3 is 19.4 Å². The van der Waals surface area contributed by atoms with Crippen molar-refractivity contribution in [2.45, 2.75) is 6.10 Å². The van der Waals surface area contributed by atoms with E-state index in [9.17, 15) is 9.59 Å². The van der Waals surface area contributed by atoms with Crippen molar-refractivity contribution in [2.24, 2.45) is 0 Å². The van der Waals surface area contributed by atoms with Gasteiger partial charge in [0.15, 0.2) is 6.10 Å². The van der Waals surface area contributed by atoms with Crippen molar-refractivity contribution in [3.63, 3.8) is 0 Å². The van der Waals surface area contributed by atoms with Gasteiger partial charge >= 0.3 is 6.01 Å². The van der Waals surface area contributed by atoms with Crippen LogP contribution in [0.15, 0.2) is 59.0 Å². The molecule has 1 aliphatic rings. The van der Waals surface area contributed by atoms with Gasteiger partial charge in [-0.15, -0.1) is 5.10 Å². The molecule has 148 valence electrons. The first-order chi connectivity index (χ1) is 14.1. The Morgan fingerprint density at radius 2 is 1.86 bits per heavy atom. The number of rotatable bonds is 5. The molecule has 1 aromatic heterocycles. The van der Waals surface area contributed by atoms with Crippen molar-refractivity contribution in [1.82, 2.24) is 15.5 Å². The zero-order valence-corrected chi connectivity index (χ0v) is 15.7. The topological polar surface area (TPSA) is 110 Å². The van der Waals surface area contributed by atoms with Gasteiger partial charge in [-0.05, 0) is 24.3 Å². The summed E-state index contributed by atoms with van der Waals surface area (Å²) in [6.45, 7) is 0.236. The van der Waals surface area contributed by atoms with E-state index in [1.807, 2.05) is 48.5 Å². The number of aromatic nitrogens is 2. The third kappa shape index (κ3) is 4.03. The molecule has 4 rings (SSSR count). The van der Waals surface area contributed by atoms with Gasteiger partial charge in [0, 0.05) is 12.6 Å². The van der Waals surface area contributed by atoms with Gasteiger partial charge in [0.2, 0.25) is 11.8 Å². The molecule has 9 heteroatoms. The van der Waals surface area contributed by atoms with Crippen molar-refractivity contribution >= 4 is 23.5 Å².